The van der Waals surface area contributed by atoms with Gasteiger partial charge in [-0.2, -0.15) is 0 Å². The normalized spacial score (nSPS) is 14.4. The fourth-order valence-corrected chi connectivity index (χ4v) is 3.22. The van der Waals surface area contributed by atoms with E-state index in [1.807, 2.05) is 26.0 Å². The van der Waals surface area contributed by atoms with Crippen LogP contribution >= 0.6 is 0 Å². The Morgan fingerprint density at radius 3 is 2.32 bits per heavy atom. The van der Waals surface area contributed by atoms with Gasteiger partial charge < -0.3 is 15.0 Å². The average molecular weight is 338 g/mol. The van der Waals surface area contributed by atoms with Gasteiger partial charge in [0, 0.05) is 30.9 Å². The van der Waals surface area contributed by atoms with E-state index < -0.39 is 0 Å². The minimum Gasteiger partial charge on any atom is -0.378 e. The molecule has 132 valence electrons. The summed E-state index contributed by atoms with van der Waals surface area (Å²) >= 11 is 0. The Hall–Kier alpha value is -2.33. The number of hydrogen-bond acceptors (Lipinski definition) is 3. The van der Waals surface area contributed by atoms with Gasteiger partial charge in [-0.15, -0.1) is 0 Å². The van der Waals surface area contributed by atoms with Crippen molar-refractivity contribution >= 4 is 11.6 Å². The van der Waals surface area contributed by atoms with Gasteiger partial charge in [-0.1, -0.05) is 29.3 Å². The molecule has 0 aromatic heterocycles. The van der Waals surface area contributed by atoms with Crippen LogP contribution in [0.5, 0.6) is 0 Å². The fraction of sp³-hybridized carbons (Fsp3) is 0.381. The maximum atomic E-state index is 12.3. The Morgan fingerprint density at radius 2 is 1.68 bits per heavy atom. The van der Waals surface area contributed by atoms with E-state index in [0.717, 1.165) is 49.4 Å². The van der Waals surface area contributed by atoms with Gasteiger partial charge in [-0.25, -0.2) is 0 Å². The maximum Gasteiger partial charge on any atom is 0.251 e. The Bertz CT molecular complexity index is 699. The first-order valence-corrected chi connectivity index (χ1v) is 8.90. The van der Waals surface area contributed by atoms with Crippen molar-refractivity contribution in [1.29, 1.82) is 0 Å². The summed E-state index contributed by atoms with van der Waals surface area (Å²) in [5.41, 5.74) is 5.44. The number of benzene rings is 2. The Labute approximate surface area is 149 Å². The van der Waals surface area contributed by atoms with Gasteiger partial charge in [0.25, 0.3) is 5.91 Å². The van der Waals surface area contributed by atoms with E-state index in [2.05, 4.69) is 40.5 Å². The van der Waals surface area contributed by atoms with Gasteiger partial charge in [0.2, 0.25) is 0 Å². The first-order chi connectivity index (χ1) is 12.1. The maximum absolute atomic E-state index is 12.3. The lowest BCUT2D eigenvalue weighted by Gasteiger charge is -2.28. The summed E-state index contributed by atoms with van der Waals surface area (Å²) in [7, 11) is 0. The Balaban J connectivity index is 1.50. The van der Waals surface area contributed by atoms with Crippen LogP contribution in [0, 0.1) is 13.8 Å². The van der Waals surface area contributed by atoms with Crippen molar-refractivity contribution in [1.82, 2.24) is 5.32 Å². The highest BCUT2D eigenvalue weighted by Gasteiger charge is 2.11. The van der Waals surface area contributed by atoms with Crippen LogP contribution in [-0.4, -0.2) is 38.8 Å². The third-order valence-electron chi connectivity index (χ3n) is 4.50. The fourth-order valence-electron chi connectivity index (χ4n) is 3.22. The summed E-state index contributed by atoms with van der Waals surface area (Å²) in [5, 5.41) is 3.01. The standard InChI is InChI=1S/C21H26N2O2/c1-16-13-17(2)15-19(14-16)21(24)22-8-7-18-3-5-20(6-4-18)23-9-11-25-12-10-23/h3-6,13-15H,7-12H2,1-2H3,(H,22,24). The quantitative estimate of drug-likeness (QED) is 0.911. The Morgan fingerprint density at radius 1 is 1.04 bits per heavy atom. The molecular formula is C21H26N2O2. The SMILES string of the molecule is Cc1cc(C)cc(C(=O)NCCc2ccc(N3CCOCC3)cc2)c1. The second-order valence-corrected chi connectivity index (χ2v) is 6.65. The number of morpholine rings is 1. The van der Waals surface area contributed by atoms with Crippen molar-refractivity contribution in [3.8, 4) is 0 Å². The summed E-state index contributed by atoms with van der Waals surface area (Å²) in [6.07, 6.45) is 0.833. The molecule has 0 atom stereocenters. The number of aryl methyl sites for hydroxylation is 2. The van der Waals surface area contributed by atoms with Crippen LogP contribution in [0.1, 0.15) is 27.0 Å². The molecule has 2 aromatic rings. The van der Waals surface area contributed by atoms with Crippen molar-refractivity contribution in [2.75, 3.05) is 37.7 Å². The monoisotopic (exact) mass is 338 g/mol. The number of hydrogen-bond donors (Lipinski definition) is 1. The lowest BCUT2D eigenvalue weighted by atomic mass is 10.1. The van der Waals surface area contributed by atoms with Gasteiger partial charge in [0.1, 0.15) is 0 Å². The van der Waals surface area contributed by atoms with Crippen LogP contribution in [0.3, 0.4) is 0 Å². The van der Waals surface area contributed by atoms with Crippen LogP contribution in [0.25, 0.3) is 0 Å². The smallest absolute Gasteiger partial charge is 0.251 e. The highest BCUT2D eigenvalue weighted by molar-refractivity contribution is 5.94. The van der Waals surface area contributed by atoms with Crippen LogP contribution in [0.4, 0.5) is 5.69 Å². The van der Waals surface area contributed by atoms with Crippen LogP contribution < -0.4 is 10.2 Å². The van der Waals surface area contributed by atoms with Gasteiger partial charge >= 0.3 is 0 Å². The van der Waals surface area contributed by atoms with Crippen LogP contribution in [-0.2, 0) is 11.2 Å². The number of nitrogens with one attached hydrogen (secondary N) is 1. The zero-order valence-corrected chi connectivity index (χ0v) is 15.0. The van der Waals surface area contributed by atoms with Gasteiger partial charge in [0.05, 0.1) is 13.2 Å². The highest BCUT2D eigenvalue weighted by Crippen LogP contribution is 2.17. The molecule has 0 saturated carbocycles. The van der Waals surface area contributed by atoms with E-state index in [4.69, 9.17) is 4.74 Å². The average Bonchev–Trinajstić information content (AvgIpc) is 2.62. The van der Waals surface area contributed by atoms with Gasteiger partial charge in [0.15, 0.2) is 0 Å². The van der Waals surface area contributed by atoms with Crippen molar-refractivity contribution in [2.45, 2.75) is 20.3 Å². The number of carbonyl (C=O) groups is 1. The van der Waals surface area contributed by atoms with Crippen LogP contribution in [0.2, 0.25) is 0 Å². The lowest BCUT2D eigenvalue weighted by molar-refractivity contribution is 0.0954. The molecule has 1 heterocycles. The van der Waals surface area contributed by atoms with E-state index >= 15 is 0 Å². The zero-order chi connectivity index (χ0) is 17.6. The van der Waals surface area contributed by atoms with Crippen molar-refractivity contribution < 1.29 is 9.53 Å². The molecule has 0 radical (unpaired) electrons. The molecule has 4 nitrogen and oxygen atoms in total. The summed E-state index contributed by atoms with van der Waals surface area (Å²) in [6, 6.07) is 14.5. The van der Waals surface area contributed by atoms with E-state index in [-0.39, 0.29) is 5.91 Å². The molecule has 4 heteroatoms. The minimum atomic E-state index is -0.00302. The predicted molar refractivity (Wildman–Crippen MR) is 101 cm³/mol. The number of ether oxygens (including phenoxy) is 1. The first kappa shape index (κ1) is 17.5. The molecule has 1 amide bonds. The van der Waals surface area contributed by atoms with Gasteiger partial charge in [-0.3, -0.25) is 4.79 Å². The third kappa shape index (κ3) is 4.83. The summed E-state index contributed by atoms with van der Waals surface area (Å²) < 4.78 is 5.39. The van der Waals surface area contributed by atoms with Crippen molar-refractivity contribution in [3.63, 3.8) is 0 Å². The summed E-state index contributed by atoms with van der Waals surface area (Å²) in [5.74, 6) is -0.00302. The third-order valence-corrected chi connectivity index (χ3v) is 4.50. The number of nitrogens with zero attached hydrogens (tertiary/aromatic N) is 1. The van der Waals surface area contributed by atoms with E-state index in [1.165, 1.54) is 11.3 Å². The summed E-state index contributed by atoms with van der Waals surface area (Å²) in [4.78, 5) is 14.6. The molecule has 0 bridgehead atoms. The molecule has 1 fully saturated rings. The second-order valence-electron chi connectivity index (χ2n) is 6.65. The number of rotatable bonds is 5. The minimum absolute atomic E-state index is 0.00302. The predicted octanol–water partition coefficient (Wildman–Crippen LogP) is 3.11. The largest absolute Gasteiger partial charge is 0.378 e. The molecule has 1 aliphatic rings. The topological polar surface area (TPSA) is 41.6 Å². The molecule has 0 spiro atoms. The van der Waals surface area contributed by atoms with Crippen LogP contribution in [0.15, 0.2) is 42.5 Å². The molecule has 0 aliphatic carbocycles. The molecule has 0 unspecified atom stereocenters. The molecule has 2 aromatic carbocycles. The molecule has 1 aliphatic heterocycles. The Kier molecular flexibility index (Phi) is 5.71. The number of amides is 1. The van der Waals surface area contributed by atoms with Crippen molar-refractivity contribution in [3.05, 3.63) is 64.7 Å². The summed E-state index contributed by atoms with van der Waals surface area (Å²) in [6.45, 7) is 8.16. The van der Waals surface area contributed by atoms with Crippen molar-refractivity contribution in [2.24, 2.45) is 0 Å². The highest BCUT2D eigenvalue weighted by atomic mass is 16.5. The molecular weight excluding hydrogens is 312 g/mol. The first-order valence-electron chi connectivity index (χ1n) is 8.90. The zero-order valence-electron chi connectivity index (χ0n) is 15.0. The second kappa shape index (κ2) is 8.17. The lowest BCUT2D eigenvalue weighted by Crippen LogP contribution is -2.36. The van der Waals surface area contributed by atoms with E-state index in [0.29, 0.717) is 6.54 Å². The van der Waals surface area contributed by atoms with Gasteiger partial charge in [-0.05, 0) is 50.1 Å². The number of anilines is 1. The molecule has 25 heavy (non-hydrogen) atoms. The number of carbonyl (C=O) groups excluding carboxylic acids is 1. The van der Waals surface area contributed by atoms with E-state index in [9.17, 15) is 4.79 Å². The molecule has 3 rings (SSSR count). The van der Waals surface area contributed by atoms with E-state index in [1.54, 1.807) is 0 Å². The molecule has 1 N–H and O–H groups in total. The molecule has 1 saturated heterocycles.